The van der Waals surface area contributed by atoms with E-state index in [1.165, 1.54) is 13.2 Å². The van der Waals surface area contributed by atoms with Crippen LogP contribution in [0.5, 0.6) is 0 Å². The first-order valence-electron chi connectivity index (χ1n) is 7.85. The van der Waals surface area contributed by atoms with Gasteiger partial charge in [0.25, 0.3) is 5.69 Å². The van der Waals surface area contributed by atoms with Gasteiger partial charge in [0.1, 0.15) is 0 Å². The summed E-state index contributed by atoms with van der Waals surface area (Å²) in [6.07, 6.45) is 1.96. The Kier molecular flexibility index (Phi) is 4.92. The molecule has 0 aromatic heterocycles. The van der Waals surface area contributed by atoms with Crippen LogP contribution in [0.3, 0.4) is 0 Å². The number of nitrogens with zero attached hydrogens (tertiary/aromatic N) is 2. The fourth-order valence-corrected chi connectivity index (χ4v) is 3.32. The van der Waals surface area contributed by atoms with E-state index in [0.717, 1.165) is 37.2 Å². The highest BCUT2D eigenvalue weighted by Gasteiger charge is 2.40. The Morgan fingerprint density at radius 1 is 1.43 bits per heavy atom. The number of non-ortho nitro benzene ring substituents is 1. The molecule has 1 fully saturated rings. The Bertz CT molecular complexity index is 613. The number of anilines is 1. The first kappa shape index (κ1) is 17.2. The molecule has 1 heterocycles. The topological polar surface area (TPSA) is 72.7 Å². The summed E-state index contributed by atoms with van der Waals surface area (Å²) in [6.45, 7) is 7.38. The summed E-state index contributed by atoms with van der Waals surface area (Å²) < 4.78 is 4.94. The number of rotatable bonds is 4. The number of methoxy groups -OCH3 is 1. The van der Waals surface area contributed by atoms with E-state index in [-0.39, 0.29) is 22.5 Å². The van der Waals surface area contributed by atoms with Crippen molar-refractivity contribution in [2.24, 2.45) is 11.3 Å². The Labute approximate surface area is 136 Å². The third kappa shape index (κ3) is 3.46. The second-order valence-electron chi connectivity index (χ2n) is 6.73. The maximum Gasteiger partial charge on any atom is 0.311 e. The molecule has 1 aromatic rings. The maximum absolute atomic E-state index is 12.0. The van der Waals surface area contributed by atoms with Crippen LogP contribution in [0.15, 0.2) is 18.2 Å². The molecular formula is C17H24N2O4. The van der Waals surface area contributed by atoms with Gasteiger partial charge in [-0.05, 0) is 51.2 Å². The van der Waals surface area contributed by atoms with Crippen LogP contribution in [0.1, 0.15) is 32.3 Å². The summed E-state index contributed by atoms with van der Waals surface area (Å²) in [5, 5.41) is 10.9. The fourth-order valence-electron chi connectivity index (χ4n) is 3.32. The molecule has 1 aliphatic heterocycles. The van der Waals surface area contributed by atoms with Crippen molar-refractivity contribution in [3.05, 3.63) is 33.9 Å². The number of carbonyl (C=O) groups excluding carboxylic acids is 1. The Morgan fingerprint density at radius 2 is 2.13 bits per heavy atom. The minimum Gasteiger partial charge on any atom is -0.469 e. The Hall–Kier alpha value is -2.11. The molecule has 0 bridgehead atoms. The normalized spacial score (nSPS) is 18.6. The van der Waals surface area contributed by atoms with Crippen LogP contribution in [0.4, 0.5) is 11.4 Å². The molecule has 0 radical (unpaired) electrons. The quantitative estimate of drug-likeness (QED) is 0.483. The molecule has 6 heteroatoms. The number of hydrogen-bond acceptors (Lipinski definition) is 5. The zero-order chi connectivity index (χ0) is 17.2. The Balaban J connectivity index is 2.22. The van der Waals surface area contributed by atoms with E-state index in [1.54, 1.807) is 12.1 Å². The molecule has 1 saturated heterocycles. The second kappa shape index (κ2) is 6.56. The number of piperidine rings is 1. The molecule has 1 unspecified atom stereocenters. The highest BCUT2D eigenvalue weighted by Crippen LogP contribution is 2.37. The van der Waals surface area contributed by atoms with Crippen molar-refractivity contribution < 1.29 is 14.5 Å². The number of esters is 1. The lowest BCUT2D eigenvalue weighted by molar-refractivity contribution is -0.384. The van der Waals surface area contributed by atoms with Gasteiger partial charge in [-0.1, -0.05) is 0 Å². The summed E-state index contributed by atoms with van der Waals surface area (Å²) >= 11 is 0. The summed E-state index contributed by atoms with van der Waals surface area (Å²) in [7, 11) is 1.42. The van der Waals surface area contributed by atoms with Crippen LogP contribution in [-0.2, 0) is 9.53 Å². The molecule has 23 heavy (non-hydrogen) atoms. The minimum absolute atomic E-state index is 0.106. The number of carbonyl (C=O) groups is 1. The van der Waals surface area contributed by atoms with E-state index >= 15 is 0 Å². The van der Waals surface area contributed by atoms with Gasteiger partial charge in [-0.25, -0.2) is 0 Å². The van der Waals surface area contributed by atoms with Crippen molar-refractivity contribution in [1.29, 1.82) is 0 Å². The van der Waals surface area contributed by atoms with Gasteiger partial charge in [-0.2, -0.15) is 0 Å². The van der Waals surface area contributed by atoms with Gasteiger partial charge in [0, 0.05) is 30.9 Å². The number of ether oxygens (including phenoxy) is 1. The average Bonchev–Trinajstić information content (AvgIpc) is 2.53. The van der Waals surface area contributed by atoms with Crippen molar-refractivity contribution in [2.45, 2.75) is 33.6 Å². The van der Waals surface area contributed by atoms with Crippen molar-refractivity contribution in [3.63, 3.8) is 0 Å². The summed E-state index contributed by atoms with van der Waals surface area (Å²) in [5.74, 6) is 0.00284. The van der Waals surface area contributed by atoms with E-state index in [2.05, 4.69) is 4.90 Å². The summed E-state index contributed by atoms with van der Waals surface area (Å²) in [4.78, 5) is 24.8. The Morgan fingerprint density at radius 3 is 2.70 bits per heavy atom. The van der Waals surface area contributed by atoms with Crippen LogP contribution in [0.2, 0.25) is 0 Å². The van der Waals surface area contributed by atoms with E-state index < -0.39 is 5.41 Å². The predicted octanol–water partition coefficient (Wildman–Crippen LogP) is 3.32. The van der Waals surface area contributed by atoms with Crippen LogP contribution < -0.4 is 4.90 Å². The van der Waals surface area contributed by atoms with Gasteiger partial charge in [-0.3, -0.25) is 14.9 Å². The molecule has 6 nitrogen and oxygen atoms in total. The van der Waals surface area contributed by atoms with E-state index in [4.69, 9.17) is 4.74 Å². The van der Waals surface area contributed by atoms with Gasteiger partial charge >= 0.3 is 5.97 Å². The zero-order valence-electron chi connectivity index (χ0n) is 14.2. The van der Waals surface area contributed by atoms with Crippen molar-refractivity contribution >= 4 is 17.3 Å². The van der Waals surface area contributed by atoms with Gasteiger partial charge < -0.3 is 9.64 Å². The standard InChI is InChI=1S/C17H24N2O4/c1-12-10-14(19(21)22)7-8-15(12)18-9-5-6-13(11-18)17(2,3)16(20)23-4/h7-8,10,13H,5-6,9,11H2,1-4H3. The number of hydrogen-bond donors (Lipinski definition) is 0. The van der Waals surface area contributed by atoms with Crippen LogP contribution >= 0.6 is 0 Å². The molecule has 1 aromatic carbocycles. The van der Waals surface area contributed by atoms with Crippen molar-refractivity contribution in [3.8, 4) is 0 Å². The smallest absolute Gasteiger partial charge is 0.311 e. The molecule has 0 amide bonds. The van der Waals surface area contributed by atoms with Gasteiger partial charge in [-0.15, -0.1) is 0 Å². The number of nitro groups is 1. The van der Waals surface area contributed by atoms with Gasteiger partial charge in [0.15, 0.2) is 0 Å². The highest BCUT2D eigenvalue weighted by molar-refractivity contribution is 5.76. The average molecular weight is 320 g/mol. The lowest BCUT2D eigenvalue weighted by Crippen LogP contribution is -2.45. The van der Waals surface area contributed by atoms with Crippen molar-refractivity contribution in [2.75, 3.05) is 25.1 Å². The van der Waals surface area contributed by atoms with Crippen LogP contribution in [-0.4, -0.2) is 31.1 Å². The lowest BCUT2D eigenvalue weighted by Gasteiger charge is -2.41. The predicted molar refractivity (Wildman–Crippen MR) is 88.6 cm³/mol. The third-order valence-electron chi connectivity index (χ3n) is 4.89. The van der Waals surface area contributed by atoms with Gasteiger partial charge in [0.2, 0.25) is 0 Å². The first-order chi connectivity index (χ1) is 10.8. The van der Waals surface area contributed by atoms with E-state index in [9.17, 15) is 14.9 Å². The fraction of sp³-hybridized carbons (Fsp3) is 0.588. The molecule has 0 aliphatic carbocycles. The largest absolute Gasteiger partial charge is 0.469 e. The van der Waals surface area contributed by atoms with Crippen LogP contribution in [0.25, 0.3) is 0 Å². The van der Waals surface area contributed by atoms with E-state index in [1.807, 2.05) is 20.8 Å². The summed E-state index contributed by atoms with van der Waals surface area (Å²) in [5.41, 5.74) is 1.45. The molecular weight excluding hydrogens is 296 g/mol. The molecule has 2 rings (SSSR count). The lowest BCUT2D eigenvalue weighted by atomic mass is 9.74. The molecule has 0 saturated carbocycles. The van der Waals surface area contributed by atoms with Crippen LogP contribution in [0, 0.1) is 28.4 Å². The third-order valence-corrected chi connectivity index (χ3v) is 4.89. The van der Waals surface area contributed by atoms with Gasteiger partial charge in [0.05, 0.1) is 17.4 Å². The molecule has 126 valence electrons. The first-order valence-corrected chi connectivity index (χ1v) is 7.85. The minimum atomic E-state index is -0.540. The molecule has 0 N–H and O–H groups in total. The monoisotopic (exact) mass is 320 g/mol. The molecule has 0 spiro atoms. The molecule has 1 aliphatic rings. The maximum atomic E-state index is 12.0. The number of nitro benzene ring substituents is 1. The van der Waals surface area contributed by atoms with E-state index in [0.29, 0.717) is 0 Å². The van der Waals surface area contributed by atoms with Crippen molar-refractivity contribution in [1.82, 2.24) is 0 Å². The number of aryl methyl sites for hydroxylation is 1. The SMILES string of the molecule is COC(=O)C(C)(C)C1CCCN(c2ccc([N+](=O)[O-])cc2C)C1. The number of benzene rings is 1. The zero-order valence-corrected chi connectivity index (χ0v) is 14.2. The summed E-state index contributed by atoms with van der Waals surface area (Å²) in [6, 6.07) is 4.95. The highest BCUT2D eigenvalue weighted by atomic mass is 16.6. The second-order valence-corrected chi connectivity index (χ2v) is 6.73. The molecule has 1 atom stereocenters.